The van der Waals surface area contributed by atoms with E-state index in [1.165, 1.54) is 36.4 Å². The summed E-state index contributed by atoms with van der Waals surface area (Å²) in [5, 5.41) is 53.0. The Morgan fingerprint density at radius 3 is 1.37 bits per heavy atom. The quantitative estimate of drug-likeness (QED) is 0.0126. The molecule has 0 unspecified atom stereocenters. The highest BCUT2D eigenvalue weighted by atomic mass is 35.5. The highest BCUT2D eigenvalue weighted by molar-refractivity contribution is 6.34. The van der Waals surface area contributed by atoms with Crippen LogP contribution in [0.25, 0.3) is 10.8 Å². The number of nitrogens with one attached hydrogen (secondary N) is 14. The monoisotopic (exact) mass is 1730 g/mol. The van der Waals surface area contributed by atoms with Crippen molar-refractivity contribution in [1.29, 1.82) is 0 Å². The van der Waals surface area contributed by atoms with Crippen LogP contribution in [0, 0.1) is 5.92 Å². The Labute approximate surface area is 723 Å². The number of hydrogen-bond donors (Lipinski definition) is 16. The number of hydrogen-bond acceptors (Lipinski definition) is 16. The van der Waals surface area contributed by atoms with Crippen LogP contribution < -0.4 is 80.2 Å². The van der Waals surface area contributed by atoms with Crippen LogP contribution in [-0.2, 0) is 80.0 Å². The highest BCUT2D eigenvalue weighted by Gasteiger charge is 2.40. The molecular weight excluding hydrogens is 1620 g/mol. The summed E-state index contributed by atoms with van der Waals surface area (Å²) in [6.45, 7) is 10.2. The van der Waals surface area contributed by atoms with Crippen LogP contribution in [0.2, 0.25) is 15.1 Å². The number of aliphatic hydroxyl groups is 1. The van der Waals surface area contributed by atoms with Gasteiger partial charge in [-0.3, -0.25) is 52.9 Å². The van der Waals surface area contributed by atoms with Gasteiger partial charge in [0.2, 0.25) is 59.1 Å². The largest absolute Gasteiger partial charge is 0.394 e. The van der Waals surface area contributed by atoms with E-state index < -0.39 is 138 Å². The fourth-order valence-electron chi connectivity index (χ4n) is 13.9. The third-order valence-electron chi connectivity index (χ3n) is 20.0. The molecule has 9 rings (SSSR count). The number of urea groups is 2. The number of likely N-dealkylation sites (tertiary alicyclic amines) is 1. The van der Waals surface area contributed by atoms with Gasteiger partial charge in [-0.2, -0.15) is 0 Å². The lowest BCUT2D eigenvalue weighted by Gasteiger charge is -2.31. The number of aliphatic hydroxyl groups excluding tert-OH is 1. The lowest BCUT2D eigenvalue weighted by atomic mass is 9.99. The number of halogens is 3. The van der Waals surface area contributed by atoms with Crippen LogP contribution in [0.4, 0.5) is 32.3 Å². The molecule has 10 atom stereocenters. The van der Waals surface area contributed by atoms with Gasteiger partial charge in [-0.25, -0.2) is 9.59 Å². The molecule has 0 bridgehead atoms. The summed E-state index contributed by atoms with van der Waals surface area (Å²) >= 11 is 19.0. The zero-order valence-corrected chi connectivity index (χ0v) is 70.9. The average Bonchev–Trinajstić information content (AvgIpc) is 1.43. The van der Waals surface area contributed by atoms with Crippen molar-refractivity contribution < 1.29 is 62.6 Å². The third kappa shape index (κ3) is 29.7. The van der Waals surface area contributed by atoms with Gasteiger partial charge >= 0.3 is 12.1 Å². The van der Waals surface area contributed by atoms with Gasteiger partial charge in [0.1, 0.15) is 54.4 Å². The normalized spacial score (nSPS) is 14.6. The molecule has 33 heteroatoms. The van der Waals surface area contributed by atoms with Crippen molar-refractivity contribution in [2.75, 3.05) is 41.0 Å². The van der Waals surface area contributed by atoms with E-state index in [1.807, 2.05) is 70.2 Å². The van der Waals surface area contributed by atoms with E-state index >= 15 is 28.8 Å². The van der Waals surface area contributed by atoms with Crippen LogP contribution in [0.1, 0.15) is 108 Å². The van der Waals surface area contributed by atoms with Gasteiger partial charge in [-0.05, 0) is 163 Å². The fraction of sp³-hybridized carbons (Fsp3) is 0.360. The second-order valence-corrected chi connectivity index (χ2v) is 32.0. The Balaban J connectivity index is 1.02. The van der Waals surface area contributed by atoms with Gasteiger partial charge < -0.3 is 90.2 Å². The van der Waals surface area contributed by atoms with Gasteiger partial charge in [0.15, 0.2) is 0 Å². The number of fused-ring (bicyclic) bond motifs is 1. The Morgan fingerprint density at radius 1 is 0.459 bits per heavy atom. The second-order valence-electron chi connectivity index (χ2n) is 30.8. The lowest BCUT2D eigenvalue weighted by molar-refractivity contribution is -0.142. The number of nitrogens with zero attached hydrogens (tertiary/aromatic N) is 2. The minimum Gasteiger partial charge on any atom is -0.394 e. The zero-order chi connectivity index (χ0) is 87.9. The minimum atomic E-state index is -1.89. The Bertz CT molecular complexity index is 4940. The molecule has 646 valence electrons. The molecule has 1 aliphatic rings. The molecule has 1 saturated heterocycles. The van der Waals surface area contributed by atoms with Crippen molar-refractivity contribution in [1.82, 2.24) is 63.1 Å². The number of carbonyl (C=O) groups is 12. The number of anilines is 4. The number of benzene rings is 7. The summed E-state index contributed by atoms with van der Waals surface area (Å²) in [6, 6.07) is 34.5. The fourth-order valence-corrected chi connectivity index (χ4v) is 14.4. The Kier molecular flexibility index (Phi) is 35.9. The number of unbranched alkanes of at least 4 members (excludes halogenated alkanes) is 1. The topological polar surface area (TPSA) is 436 Å². The SMILES string of the molecule is CC(=O)N[C@H](Cc1ccc2ccccc2c1)C(=O)N[C@H](Cc1ccc(Cl)cc1)C(=O)N[C@H](Cc1cccnc1)C(=O)N[C@@H](CO)C(=O)N[C@@H](Cc1ccc(NC(=O)Nc2ccccc2Cl)cc1)C(=O)N[C@H](Cc1ccc(NC(=O)Nc2ccccc2Cl)cc1)C(=O)N[C@@H](CC(C)C)C(=O)N[C@@H](CCCCNC(C)C)C(=O)N1CCC[C@H]1C(=O)N[C@H](C)N. The summed E-state index contributed by atoms with van der Waals surface area (Å²) in [4.78, 5) is 179. The van der Waals surface area contributed by atoms with E-state index in [4.69, 9.17) is 40.5 Å². The molecule has 1 aromatic heterocycles. The molecule has 7 aromatic carbocycles. The van der Waals surface area contributed by atoms with Gasteiger partial charge in [-0.15, -0.1) is 0 Å². The van der Waals surface area contributed by atoms with Gasteiger partial charge in [0, 0.05) is 80.4 Å². The first-order chi connectivity index (χ1) is 58.4. The first-order valence-electron chi connectivity index (χ1n) is 40.5. The molecule has 0 radical (unpaired) electrons. The lowest BCUT2D eigenvalue weighted by Crippen LogP contribution is -2.62. The van der Waals surface area contributed by atoms with E-state index in [1.54, 1.807) is 128 Å². The van der Waals surface area contributed by atoms with Crippen molar-refractivity contribution in [3.8, 4) is 0 Å². The predicted molar refractivity (Wildman–Crippen MR) is 470 cm³/mol. The van der Waals surface area contributed by atoms with E-state index in [9.17, 15) is 33.9 Å². The number of amides is 14. The van der Waals surface area contributed by atoms with E-state index in [-0.39, 0.29) is 79.2 Å². The third-order valence-corrected chi connectivity index (χ3v) is 20.9. The van der Waals surface area contributed by atoms with E-state index in [0.717, 1.165) is 10.8 Å². The molecule has 0 aliphatic carbocycles. The molecule has 17 N–H and O–H groups in total. The van der Waals surface area contributed by atoms with Crippen molar-refractivity contribution in [2.24, 2.45) is 11.7 Å². The van der Waals surface area contributed by atoms with Crippen LogP contribution in [0.3, 0.4) is 0 Å². The number of rotatable bonds is 41. The summed E-state index contributed by atoms with van der Waals surface area (Å²) in [7, 11) is 0. The number of aromatic nitrogens is 1. The second kappa shape index (κ2) is 46.7. The maximum atomic E-state index is 15.6. The smallest absolute Gasteiger partial charge is 0.323 e. The average molecular weight is 1730 g/mol. The zero-order valence-electron chi connectivity index (χ0n) is 68.7. The molecule has 122 heavy (non-hydrogen) atoms. The van der Waals surface area contributed by atoms with Crippen molar-refractivity contribution in [2.45, 2.75) is 179 Å². The first-order valence-corrected chi connectivity index (χ1v) is 41.6. The van der Waals surface area contributed by atoms with Gasteiger partial charge in [0.25, 0.3) is 0 Å². The van der Waals surface area contributed by atoms with Gasteiger partial charge in [0.05, 0.1) is 34.2 Å². The van der Waals surface area contributed by atoms with E-state index in [2.05, 4.69) is 79.4 Å². The molecule has 14 amide bonds. The molecular formula is C89H106Cl3N17O13. The first kappa shape index (κ1) is 93.8. The molecule has 30 nitrogen and oxygen atoms in total. The number of nitrogens with two attached hydrogens (primary N) is 1. The summed E-state index contributed by atoms with van der Waals surface area (Å²) in [6.07, 6.45) is 3.25. The van der Waals surface area contributed by atoms with Crippen LogP contribution in [0.15, 0.2) is 188 Å². The Hall–Kier alpha value is -12.1. The van der Waals surface area contributed by atoms with Crippen molar-refractivity contribution in [3.63, 3.8) is 0 Å². The Morgan fingerprint density at radius 2 is 0.893 bits per heavy atom. The predicted octanol–water partition coefficient (Wildman–Crippen LogP) is 8.51. The summed E-state index contributed by atoms with van der Waals surface area (Å²) in [5.41, 5.74) is 9.62. The van der Waals surface area contributed by atoms with Gasteiger partial charge in [-0.1, -0.05) is 172 Å². The molecule has 0 saturated carbocycles. The molecule has 1 fully saturated rings. The summed E-state index contributed by atoms with van der Waals surface area (Å²) < 4.78 is 0. The minimum absolute atomic E-state index is 0.0116. The molecule has 1 aliphatic heterocycles. The highest BCUT2D eigenvalue weighted by Crippen LogP contribution is 2.26. The van der Waals surface area contributed by atoms with Crippen molar-refractivity contribution >= 4 is 139 Å². The van der Waals surface area contributed by atoms with Crippen molar-refractivity contribution in [3.05, 3.63) is 231 Å². The van der Waals surface area contributed by atoms with Crippen LogP contribution >= 0.6 is 34.8 Å². The standard InChI is InChI=1S/C89H106Cl3N17O13/c1-52(2)43-71(79(112)100-70(24-13-14-41-95-53(3)4)87(120)109-42-16-25-78(109)86(119)96-54(5)93)101-81(114)74(46-57-29-36-64(37-30-57)98-88(121)107-68-22-11-9-20-66(68)91)103-83(116)75(47-58-31-38-65(39-32-58)99-89(122)108-69-23-12-10-21-67(69)92)105-85(118)77(51-110)106-84(117)76(49-60-17-15-40-94-50-60)104-82(115)73(45-56-27-34-63(90)35-28-56)102-80(113)72(97-55(6)111)48-59-26-33-61-18-7-8-19-62(61)44-59/h7-12,15,17-23,26-40,44,50,52-54,70-78,95,110H,13-14,16,24-25,41-43,45-49,51,93H2,1-6H3,(H,96,119)(H,97,111)(H,100,112)(H,101,114)(H,102,113)(H,103,116)(H,104,115)(H,105,118)(H,106,117)(H2,98,107,121)(H2,99,108,122)/t54-,70+,71+,72-,73-,74-,75+,76-,77+,78+/m1/s1. The summed E-state index contributed by atoms with van der Waals surface area (Å²) in [5.74, 6) is -8.21. The molecule has 2 heterocycles. The maximum absolute atomic E-state index is 15.6. The molecule has 0 spiro atoms. The van der Waals surface area contributed by atoms with E-state index in [0.29, 0.717) is 82.1 Å². The van der Waals surface area contributed by atoms with Crippen LogP contribution in [-0.4, -0.2) is 172 Å². The number of para-hydroxylation sites is 2. The van der Waals surface area contributed by atoms with Crippen LogP contribution in [0.5, 0.6) is 0 Å². The number of pyridine rings is 1. The maximum Gasteiger partial charge on any atom is 0.323 e. The number of carbonyl (C=O) groups excluding carboxylic acids is 12. The molecule has 8 aromatic rings.